The van der Waals surface area contributed by atoms with E-state index < -0.39 is 0 Å². The third-order valence-corrected chi connectivity index (χ3v) is 4.61. The molecule has 1 N–H and O–H groups in total. The van der Waals surface area contributed by atoms with Crippen molar-refractivity contribution in [3.63, 3.8) is 0 Å². The highest BCUT2D eigenvalue weighted by Gasteiger charge is 2.17. The van der Waals surface area contributed by atoms with E-state index in [-0.39, 0.29) is 16.7 Å². The van der Waals surface area contributed by atoms with Gasteiger partial charge in [0.1, 0.15) is 0 Å². The van der Waals surface area contributed by atoms with E-state index in [1.54, 1.807) is 12.1 Å². The van der Waals surface area contributed by atoms with Crippen molar-refractivity contribution in [3.05, 3.63) is 69.3 Å². The number of nitro groups is 1. The van der Waals surface area contributed by atoms with E-state index >= 15 is 0 Å². The Hall–Kier alpha value is -2.47. The molecule has 0 saturated heterocycles. The number of nitro benzene ring substituents is 1. The molecule has 0 bridgehead atoms. The molecule has 0 unspecified atom stereocenters. The van der Waals surface area contributed by atoms with Crippen molar-refractivity contribution < 1.29 is 4.92 Å². The zero-order valence-corrected chi connectivity index (χ0v) is 15.1. The summed E-state index contributed by atoms with van der Waals surface area (Å²) in [4.78, 5) is 12.4. The summed E-state index contributed by atoms with van der Waals surface area (Å²) in [5, 5.41) is 14.7. The Morgan fingerprint density at radius 1 is 1.21 bits per heavy atom. The molecular weight excluding hydrogens is 322 g/mol. The van der Waals surface area contributed by atoms with Crippen molar-refractivity contribution in [3.8, 4) is 0 Å². The van der Waals surface area contributed by atoms with Crippen LogP contribution in [-0.4, -0.2) is 22.0 Å². The fourth-order valence-corrected chi connectivity index (χ4v) is 2.60. The van der Waals surface area contributed by atoms with Crippen LogP contribution >= 0.6 is 12.2 Å². The molecule has 2 rings (SSSR count). The number of benzene rings is 2. The van der Waals surface area contributed by atoms with Gasteiger partial charge in [0.25, 0.3) is 5.69 Å². The third kappa shape index (κ3) is 4.08. The topological polar surface area (TPSA) is 58.4 Å². The van der Waals surface area contributed by atoms with Crippen LogP contribution in [0.15, 0.2) is 42.5 Å². The van der Waals surface area contributed by atoms with Crippen molar-refractivity contribution in [2.75, 3.05) is 12.4 Å². The van der Waals surface area contributed by atoms with Gasteiger partial charge in [0.15, 0.2) is 5.11 Å². The number of thiocarbonyl (C=S) groups is 1. The average molecular weight is 343 g/mol. The second-order valence-corrected chi connectivity index (χ2v) is 6.25. The summed E-state index contributed by atoms with van der Waals surface area (Å²) in [7, 11) is 1.87. The number of aryl methyl sites for hydroxylation is 2. The third-order valence-electron chi connectivity index (χ3n) is 4.22. The predicted octanol–water partition coefficient (Wildman–Crippen LogP) is 4.60. The van der Waals surface area contributed by atoms with Crippen LogP contribution in [0.2, 0.25) is 0 Å². The van der Waals surface area contributed by atoms with Gasteiger partial charge in [-0.15, -0.1) is 0 Å². The SMILES string of the molecule is Cc1ccc(NC(=S)N(C)[C@@H](C)c2cccc([N+](=O)[O-])c2)cc1C. The van der Waals surface area contributed by atoms with Gasteiger partial charge in [-0.1, -0.05) is 18.2 Å². The fourth-order valence-electron chi connectivity index (χ4n) is 2.33. The Morgan fingerprint density at radius 2 is 1.92 bits per heavy atom. The maximum Gasteiger partial charge on any atom is 0.269 e. The van der Waals surface area contributed by atoms with Crippen LogP contribution in [0.3, 0.4) is 0 Å². The molecule has 2 aromatic carbocycles. The highest BCUT2D eigenvalue weighted by Crippen LogP contribution is 2.24. The van der Waals surface area contributed by atoms with Gasteiger partial charge in [-0.05, 0) is 61.8 Å². The summed E-state index contributed by atoms with van der Waals surface area (Å²) < 4.78 is 0. The molecule has 6 heteroatoms. The van der Waals surface area contributed by atoms with Crippen molar-refractivity contribution >= 4 is 28.7 Å². The lowest BCUT2D eigenvalue weighted by Gasteiger charge is -2.28. The predicted molar refractivity (Wildman–Crippen MR) is 101 cm³/mol. The Kier molecular flexibility index (Phi) is 5.51. The zero-order valence-electron chi connectivity index (χ0n) is 14.2. The number of anilines is 1. The molecule has 5 nitrogen and oxygen atoms in total. The highest BCUT2D eigenvalue weighted by molar-refractivity contribution is 7.80. The standard InChI is InChI=1S/C18H21N3O2S/c1-12-8-9-16(10-13(12)2)19-18(24)20(4)14(3)15-6-5-7-17(11-15)21(22)23/h5-11,14H,1-4H3,(H,19,24)/t14-/m0/s1. The van der Waals surface area contributed by atoms with Crippen molar-refractivity contribution in [1.29, 1.82) is 0 Å². The summed E-state index contributed by atoms with van der Waals surface area (Å²) in [6.07, 6.45) is 0. The number of non-ortho nitro benzene ring substituents is 1. The molecule has 0 fully saturated rings. The minimum atomic E-state index is -0.387. The first kappa shape index (κ1) is 17.9. The minimum Gasteiger partial charge on any atom is -0.345 e. The van der Waals surface area contributed by atoms with Crippen LogP contribution in [-0.2, 0) is 0 Å². The molecule has 24 heavy (non-hydrogen) atoms. The molecule has 0 aliphatic rings. The van der Waals surface area contributed by atoms with Gasteiger partial charge in [-0.3, -0.25) is 10.1 Å². The molecule has 1 atom stereocenters. The number of hydrogen-bond donors (Lipinski definition) is 1. The van der Waals surface area contributed by atoms with Crippen LogP contribution < -0.4 is 5.32 Å². The summed E-state index contributed by atoms with van der Waals surface area (Å²) >= 11 is 5.48. The number of hydrogen-bond acceptors (Lipinski definition) is 3. The van der Waals surface area contributed by atoms with Gasteiger partial charge in [0.05, 0.1) is 11.0 Å². The Labute approximate surface area is 147 Å². The van der Waals surface area contributed by atoms with E-state index in [4.69, 9.17) is 12.2 Å². The normalized spacial score (nSPS) is 11.7. The van der Waals surface area contributed by atoms with Gasteiger partial charge in [-0.2, -0.15) is 0 Å². The first-order valence-electron chi connectivity index (χ1n) is 7.65. The monoisotopic (exact) mass is 343 g/mol. The van der Waals surface area contributed by atoms with Crippen LogP contribution in [0, 0.1) is 24.0 Å². The fraction of sp³-hybridized carbons (Fsp3) is 0.278. The second kappa shape index (κ2) is 7.40. The zero-order chi connectivity index (χ0) is 17.9. The molecular formula is C18H21N3O2S. The second-order valence-electron chi connectivity index (χ2n) is 5.87. The smallest absolute Gasteiger partial charge is 0.269 e. The molecule has 2 aromatic rings. The van der Waals surface area contributed by atoms with Crippen molar-refractivity contribution in [2.24, 2.45) is 0 Å². The lowest BCUT2D eigenvalue weighted by atomic mass is 10.1. The van der Waals surface area contributed by atoms with E-state index in [2.05, 4.69) is 19.2 Å². The lowest BCUT2D eigenvalue weighted by Crippen LogP contribution is -2.33. The quantitative estimate of drug-likeness (QED) is 0.499. The molecule has 0 aromatic heterocycles. The van der Waals surface area contributed by atoms with E-state index in [0.717, 1.165) is 11.3 Å². The largest absolute Gasteiger partial charge is 0.345 e. The number of nitrogens with zero attached hydrogens (tertiary/aromatic N) is 2. The maximum atomic E-state index is 10.9. The maximum absolute atomic E-state index is 10.9. The molecule has 0 heterocycles. The first-order chi connectivity index (χ1) is 11.3. The molecule has 0 radical (unpaired) electrons. The van der Waals surface area contributed by atoms with Gasteiger partial charge in [-0.25, -0.2) is 0 Å². The van der Waals surface area contributed by atoms with Crippen molar-refractivity contribution in [1.82, 2.24) is 4.90 Å². The molecule has 0 spiro atoms. The highest BCUT2D eigenvalue weighted by atomic mass is 32.1. The van der Waals surface area contributed by atoms with Gasteiger partial charge < -0.3 is 10.2 Å². The van der Waals surface area contributed by atoms with Gasteiger partial charge >= 0.3 is 0 Å². The molecule has 0 aliphatic carbocycles. The summed E-state index contributed by atoms with van der Waals surface area (Å²) in [5.74, 6) is 0. The van der Waals surface area contributed by atoms with Crippen LogP contribution in [0.4, 0.5) is 11.4 Å². The summed E-state index contributed by atoms with van der Waals surface area (Å²) in [6, 6.07) is 12.6. The molecule has 0 aliphatic heterocycles. The molecule has 0 amide bonds. The Bertz CT molecular complexity index is 777. The summed E-state index contributed by atoms with van der Waals surface area (Å²) in [5.41, 5.74) is 4.28. The van der Waals surface area contributed by atoms with Crippen LogP contribution in [0.1, 0.15) is 29.7 Å². The van der Waals surface area contributed by atoms with E-state index in [0.29, 0.717) is 5.11 Å². The van der Waals surface area contributed by atoms with Gasteiger partial charge in [0, 0.05) is 24.9 Å². The first-order valence-corrected chi connectivity index (χ1v) is 8.06. The Morgan fingerprint density at radius 3 is 2.54 bits per heavy atom. The van der Waals surface area contributed by atoms with E-state index in [1.165, 1.54) is 17.2 Å². The van der Waals surface area contributed by atoms with Gasteiger partial charge in [0.2, 0.25) is 0 Å². The number of nitrogens with one attached hydrogen (secondary N) is 1. The van der Waals surface area contributed by atoms with Crippen LogP contribution in [0.25, 0.3) is 0 Å². The van der Waals surface area contributed by atoms with Crippen molar-refractivity contribution in [2.45, 2.75) is 26.8 Å². The molecule has 126 valence electrons. The minimum absolute atomic E-state index is 0.0841. The summed E-state index contributed by atoms with van der Waals surface area (Å²) in [6.45, 7) is 6.08. The molecule has 0 saturated carbocycles. The van der Waals surface area contributed by atoms with E-state index in [1.807, 2.05) is 43.1 Å². The van der Waals surface area contributed by atoms with Crippen LogP contribution in [0.5, 0.6) is 0 Å². The lowest BCUT2D eigenvalue weighted by molar-refractivity contribution is -0.384. The Balaban J connectivity index is 2.13. The number of rotatable bonds is 4. The average Bonchev–Trinajstić information content (AvgIpc) is 2.56. The van der Waals surface area contributed by atoms with E-state index in [9.17, 15) is 10.1 Å².